The molecule has 0 aromatic heterocycles. The van der Waals surface area contributed by atoms with Crippen LogP contribution in [0.2, 0.25) is 0 Å². The Morgan fingerprint density at radius 1 is 1.00 bits per heavy atom. The lowest BCUT2D eigenvalue weighted by atomic mass is 10.1. The molecule has 0 fully saturated rings. The van der Waals surface area contributed by atoms with E-state index < -0.39 is 0 Å². The molecule has 0 atom stereocenters. The predicted molar refractivity (Wildman–Crippen MR) is 114 cm³/mol. The molecular formula is C22H23FN2O2S. The highest BCUT2D eigenvalue weighted by atomic mass is 32.2. The molecule has 1 N–H and O–H groups in total. The van der Waals surface area contributed by atoms with Gasteiger partial charge >= 0.3 is 0 Å². The lowest BCUT2D eigenvalue weighted by molar-refractivity contribution is -0.113. The van der Waals surface area contributed by atoms with Gasteiger partial charge in [0.05, 0.1) is 5.75 Å². The molecular weight excluding hydrogens is 375 g/mol. The van der Waals surface area contributed by atoms with Gasteiger partial charge in [-0.15, -0.1) is 24.9 Å². The van der Waals surface area contributed by atoms with E-state index in [9.17, 15) is 14.0 Å². The van der Waals surface area contributed by atoms with Crippen molar-refractivity contribution < 1.29 is 14.0 Å². The van der Waals surface area contributed by atoms with E-state index in [1.54, 1.807) is 29.2 Å². The molecule has 146 valence electrons. The predicted octanol–water partition coefficient (Wildman–Crippen LogP) is 4.51. The summed E-state index contributed by atoms with van der Waals surface area (Å²) >= 11 is 1.47. The van der Waals surface area contributed by atoms with Gasteiger partial charge in [-0.05, 0) is 42.0 Å². The fourth-order valence-corrected chi connectivity index (χ4v) is 3.26. The first kappa shape index (κ1) is 21.4. The second-order valence-electron chi connectivity index (χ2n) is 6.03. The van der Waals surface area contributed by atoms with E-state index in [-0.39, 0.29) is 23.4 Å². The zero-order valence-electron chi connectivity index (χ0n) is 15.6. The summed E-state index contributed by atoms with van der Waals surface area (Å²) in [4.78, 5) is 26.1. The zero-order valence-corrected chi connectivity index (χ0v) is 16.4. The minimum atomic E-state index is -0.341. The second-order valence-corrected chi connectivity index (χ2v) is 7.02. The van der Waals surface area contributed by atoms with Crippen LogP contribution in [0.5, 0.6) is 0 Å². The third-order valence-electron chi connectivity index (χ3n) is 3.82. The molecule has 0 unspecified atom stereocenters. The van der Waals surface area contributed by atoms with Gasteiger partial charge in [0.15, 0.2) is 0 Å². The third-order valence-corrected chi connectivity index (χ3v) is 4.82. The van der Waals surface area contributed by atoms with E-state index in [0.29, 0.717) is 30.1 Å². The molecule has 0 aliphatic rings. The van der Waals surface area contributed by atoms with Crippen molar-refractivity contribution >= 4 is 29.3 Å². The lowest BCUT2D eigenvalue weighted by Crippen LogP contribution is -2.31. The Morgan fingerprint density at radius 2 is 1.61 bits per heavy atom. The summed E-state index contributed by atoms with van der Waals surface area (Å²) in [6, 6.07) is 13.0. The van der Waals surface area contributed by atoms with Crippen LogP contribution in [0, 0.1) is 5.82 Å². The van der Waals surface area contributed by atoms with Crippen molar-refractivity contribution in [2.24, 2.45) is 0 Å². The Labute approximate surface area is 169 Å². The summed E-state index contributed by atoms with van der Waals surface area (Å²) in [7, 11) is 0. The Hall–Kier alpha value is -2.86. The number of carbonyl (C=O) groups is 2. The Kier molecular flexibility index (Phi) is 8.49. The molecule has 4 nitrogen and oxygen atoms in total. The molecule has 2 aromatic carbocycles. The molecule has 0 aliphatic heterocycles. The highest BCUT2D eigenvalue weighted by Gasteiger charge is 2.13. The summed E-state index contributed by atoms with van der Waals surface area (Å²) in [6.45, 7) is 8.27. The van der Waals surface area contributed by atoms with Crippen molar-refractivity contribution in [2.45, 2.75) is 5.75 Å². The van der Waals surface area contributed by atoms with Crippen molar-refractivity contribution in [1.82, 2.24) is 4.90 Å². The largest absolute Gasteiger partial charge is 0.331 e. The number of carbonyl (C=O) groups excluding carboxylic acids is 2. The highest BCUT2D eigenvalue weighted by Crippen LogP contribution is 2.15. The average molecular weight is 399 g/mol. The summed E-state index contributed by atoms with van der Waals surface area (Å²) in [5.74, 6) is 0.371. The first-order chi connectivity index (χ1) is 13.5. The number of anilines is 1. The molecule has 0 saturated carbocycles. The maximum Gasteiger partial charge on any atom is 0.254 e. The molecule has 2 aromatic rings. The number of amides is 2. The average Bonchev–Trinajstić information content (AvgIpc) is 2.69. The number of nitrogens with one attached hydrogen (secondary N) is 1. The van der Waals surface area contributed by atoms with Crippen LogP contribution in [-0.2, 0) is 10.5 Å². The van der Waals surface area contributed by atoms with Crippen molar-refractivity contribution in [3.05, 3.63) is 90.8 Å². The van der Waals surface area contributed by atoms with Gasteiger partial charge in [0, 0.05) is 30.1 Å². The van der Waals surface area contributed by atoms with Crippen molar-refractivity contribution in [3.63, 3.8) is 0 Å². The smallest absolute Gasteiger partial charge is 0.254 e. The summed E-state index contributed by atoms with van der Waals surface area (Å²) in [6.07, 6.45) is 3.37. The van der Waals surface area contributed by atoms with Gasteiger partial charge < -0.3 is 10.2 Å². The van der Waals surface area contributed by atoms with Gasteiger partial charge in [0.2, 0.25) is 5.91 Å². The Bertz CT molecular complexity index is 809. The first-order valence-electron chi connectivity index (χ1n) is 8.76. The van der Waals surface area contributed by atoms with Crippen LogP contribution >= 0.6 is 11.8 Å². The van der Waals surface area contributed by atoms with Crippen molar-refractivity contribution in [2.75, 3.05) is 24.2 Å². The third kappa shape index (κ3) is 6.70. The molecule has 0 heterocycles. The SMILES string of the molecule is C=CCN(CC=C)C(=O)c1ccc(CSCC(=O)Nc2ccc(F)cc2)cc1. The number of nitrogens with zero attached hydrogens (tertiary/aromatic N) is 1. The number of thioether (sulfide) groups is 1. The van der Waals surface area contributed by atoms with Crippen LogP contribution in [0.3, 0.4) is 0 Å². The van der Waals surface area contributed by atoms with E-state index in [2.05, 4.69) is 18.5 Å². The minimum absolute atomic E-state index is 0.0716. The van der Waals surface area contributed by atoms with E-state index in [4.69, 9.17) is 0 Å². The lowest BCUT2D eigenvalue weighted by Gasteiger charge is -2.19. The standard InChI is InChI=1S/C22H23FN2O2S/c1-3-13-25(14-4-2)22(27)18-7-5-17(6-8-18)15-28-16-21(26)24-20-11-9-19(23)10-12-20/h3-12H,1-2,13-16H2,(H,24,26). The topological polar surface area (TPSA) is 49.4 Å². The Morgan fingerprint density at radius 3 is 2.18 bits per heavy atom. The quantitative estimate of drug-likeness (QED) is 0.599. The maximum absolute atomic E-state index is 12.9. The summed E-state index contributed by atoms with van der Waals surface area (Å²) < 4.78 is 12.9. The van der Waals surface area contributed by atoms with Crippen molar-refractivity contribution in [3.8, 4) is 0 Å². The number of hydrogen-bond acceptors (Lipinski definition) is 3. The first-order valence-corrected chi connectivity index (χ1v) is 9.92. The van der Waals surface area contributed by atoms with E-state index in [0.717, 1.165) is 5.56 Å². The van der Waals surface area contributed by atoms with Crippen LogP contribution in [0.15, 0.2) is 73.8 Å². The normalized spacial score (nSPS) is 10.2. The number of hydrogen-bond donors (Lipinski definition) is 1. The molecule has 0 radical (unpaired) electrons. The molecule has 2 rings (SSSR count). The van der Waals surface area contributed by atoms with E-state index >= 15 is 0 Å². The van der Waals surface area contributed by atoms with Crippen LogP contribution in [-0.4, -0.2) is 35.6 Å². The summed E-state index contributed by atoms with van der Waals surface area (Å²) in [5.41, 5.74) is 2.19. The molecule has 0 aliphatic carbocycles. The second kappa shape index (κ2) is 11.1. The van der Waals surface area contributed by atoms with Gasteiger partial charge in [-0.1, -0.05) is 24.3 Å². The molecule has 2 amide bonds. The zero-order chi connectivity index (χ0) is 20.4. The monoisotopic (exact) mass is 398 g/mol. The fourth-order valence-electron chi connectivity index (χ4n) is 2.47. The van der Waals surface area contributed by atoms with Crippen LogP contribution in [0.4, 0.5) is 10.1 Å². The van der Waals surface area contributed by atoms with Gasteiger partial charge in [-0.3, -0.25) is 9.59 Å². The van der Waals surface area contributed by atoms with Gasteiger partial charge in [0.25, 0.3) is 5.91 Å². The molecule has 0 spiro atoms. The maximum atomic E-state index is 12.9. The van der Waals surface area contributed by atoms with Gasteiger partial charge in [-0.25, -0.2) is 4.39 Å². The summed E-state index contributed by atoms with van der Waals surface area (Å²) in [5, 5.41) is 2.72. The van der Waals surface area contributed by atoms with Crippen LogP contribution in [0.1, 0.15) is 15.9 Å². The highest BCUT2D eigenvalue weighted by molar-refractivity contribution is 7.99. The molecule has 0 saturated heterocycles. The van der Waals surface area contributed by atoms with Crippen LogP contribution in [0.25, 0.3) is 0 Å². The molecule has 28 heavy (non-hydrogen) atoms. The van der Waals surface area contributed by atoms with Crippen molar-refractivity contribution in [1.29, 1.82) is 0 Å². The fraction of sp³-hybridized carbons (Fsp3) is 0.182. The Balaban J connectivity index is 1.82. The number of halogens is 1. The van der Waals surface area contributed by atoms with E-state index in [1.807, 2.05) is 12.1 Å². The van der Waals surface area contributed by atoms with Crippen LogP contribution < -0.4 is 5.32 Å². The minimum Gasteiger partial charge on any atom is -0.331 e. The van der Waals surface area contributed by atoms with Gasteiger partial charge in [-0.2, -0.15) is 0 Å². The molecule has 6 heteroatoms. The van der Waals surface area contributed by atoms with Gasteiger partial charge in [0.1, 0.15) is 5.82 Å². The number of rotatable bonds is 10. The number of benzene rings is 2. The molecule has 0 bridgehead atoms. The van der Waals surface area contributed by atoms with E-state index in [1.165, 1.54) is 36.0 Å².